The van der Waals surface area contributed by atoms with Crippen LogP contribution in [-0.4, -0.2) is 44.3 Å². The first-order chi connectivity index (χ1) is 14.6. The van der Waals surface area contributed by atoms with Crippen LogP contribution < -0.4 is 5.32 Å². The van der Waals surface area contributed by atoms with Gasteiger partial charge in [0.05, 0.1) is 22.9 Å². The molecule has 0 fully saturated rings. The van der Waals surface area contributed by atoms with Crippen molar-refractivity contribution in [1.82, 2.24) is 15.1 Å². The Balaban J connectivity index is 1.68. The van der Waals surface area contributed by atoms with Crippen LogP contribution in [0.1, 0.15) is 55.6 Å². The van der Waals surface area contributed by atoms with E-state index in [-0.39, 0.29) is 34.8 Å². The summed E-state index contributed by atoms with van der Waals surface area (Å²) in [6.07, 6.45) is 4.95. The summed E-state index contributed by atoms with van der Waals surface area (Å²) >= 11 is 1.11. The van der Waals surface area contributed by atoms with Crippen molar-refractivity contribution in [3.05, 3.63) is 58.9 Å². The number of nitrogens with zero attached hydrogens (tertiary/aromatic N) is 2. The van der Waals surface area contributed by atoms with Gasteiger partial charge >= 0.3 is 5.97 Å². The van der Waals surface area contributed by atoms with E-state index in [2.05, 4.69) is 63.4 Å². The van der Waals surface area contributed by atoms with Gasteiger partial charge in [0.2, 0.25) is 5.91 Å². The number of nitrogens with one attached hydrogen (secondary N) is 1. The molecule has 0 spiro atoms. The first-order valence-corrected chi connectivity index (χ1v) is 11.7. The topological polar surface area (TPSA) is 84.2 Å². The van der Waals surface area contributed by atoms with E-state index in [9.17, 15) is 9.59 Å². The average molecular weight is 442 g/mol. The molecule has 1 aromatic carbocycles. The number of rotatable bonds is 7. The molecule has 1 heterocycles. The number of aromatic nitrogens is 2. The molecular weight excluding hydrogens is 410 g/mol. The van der Waals surface area contributed by atoms with E-state index in [0.29, 0.717) is 0 Å². The lowest BCUT2D eigenvalue weighted by molar-refractivity contribution is -0.133. The van der Waals surface area contributed by atoms with Gasteiger partial charge in [-0.1, -0.05) is 45.1 Å². The Morgan fingerprint density at radius 3 is 2.45 bits per heavy atom. The van der Waals surface area contributed by atoms with Gasteiger partial charge in [-0.15, -0.1) is 11.8 Å². The van der Waals surface area contributed by atoms with Crippen LogP contribution in [0.25, 0.3) is 5.69 Å². The second kappa shape index (κ2) is 9.30. The lowest BCUT2D eigenvalue weighted by Gasteiger charge is -2.19. The van der Waals surface area contributed by atoms with Crippen molar-refractivity contribution < 1.29 is 14.7 Å². The van der Waals surface area contributed by atoms with Crippen LogP contribution in [-0.2, 0) is 15.0 Å². The zero-order valence-corrected chi connectivity index (χ0v) is 19.6. The number of hydrogen-bond acceptors (Lipinski definition) is 4. The minimum absolute atomic E-state index is 0.0452. The second-order valence-electron chi connectivity index (χ2n) is 9.08. The van der Waals surface area contributed by atoms with Crippen LogP contribution in [0, 0.1) is 13.8 Å². The number of carboxylic acids is 1. The molecule has 6 nitrogen and oxygen atoms in total. The maximum atomic E-state index is 12.1. The second-order valence-corrected chi connectivity index (χ2v) is 10.1. The molecule has 0 aliphatic heterocycles. The minimum atomic E-state index is -0.908. The zero-order chi connectivity index (χ0) is 22.8. The molecule has 1 aliphatic rings. The minimum Gasteiger partial charge on any atom is -0.481 e. The van der Waals surface area contributed by atoms with Crippen molar-refractivity contribution >= 4 is 23.6 Å². The molecule has 7 heteroatoms. The van der Waals surface area contributed by atoms with Gasteiger partial charge in [-0.25, -0.2) is 4.68 Å². The van der Waals surface area contributed by atoms with E-state index >= 15 is 0 Å². The van der Waals surface area contributed by atoms with Crippen molar-refractivity contribution in [3.8, 4) is 5.69 Å². The number of carbonyl (C=O) groups excluding carboxylic acids is 1. The third-order valence-corrected chi connectivity index (χ3v) is 6.50. The van der Waals surface area contributed by atoms with Crippen molar-refractivity contribution in [1.29, 1.82) is 0 Å². The Morgan fingerprint density at radius 1 is 1.16 bits per heavy atom. The lowest BCUT2D eigenvalue weighted by atomic mass is 9.87. The number of carbonyl (C=O) groups is 2. The normalized spacial score (nSPS) is 18.4. The van der Waals surface area contributed by atoms with Crippen LogP contribution in [0.2, 0.25) is 0 Å². The fourth-order valence-electron chi connectivity index (χ4n) is 4.04. The Kier molecular flexibility index (Phi) is 6.94. The summed E-state index contributed by atoms with van der Waals surface area (Å²) in [4.78, 5) is 22.7. The SMILES string of the molecule is Cc1nn(-c2ccc(C(C)(C)C)cc2)c(C)c1[C@H]1C=C[C@@H](NC(=O)CSCC(=O)O)C1. The first-order valence-electron chi connectivity index (χ1n) is 10.5. The number of thioether (sulfide) groups is 1. The van der Waals surface area contributed by atoms with E-state index in [1.54, 1.807) is 0 Å². The maximum absolute atomic E-state index is 12.1. The predicted molar refractivity (Wildman–Crippen MR) is 125 cm³/mol. The van der Waals surface area contributed by atoms with Gasteiger partial charge in [-0.3, -0.25) is 9.59 Å². The molecule has 0 saturated carbocycles. The molecule has 31 heavy (non-hydrogen) atoms. The highest BCUT2D eigenvalue weighted by Crippen LogP contribution is 2.34. The van der Waals surface area contributed by atoms with Gasteiger partial charge in [0.25, 0.3) is 0 Å². The zero-order valence-electron chi connectivity index (χ0n) is 18.8. The molecule has 1 amide bonds. The maximum Gasteiger partial charge on any atom is 0.313 e. The summed E-state index contributed by atoms with van der Waals surface area (Å²) in [5.41, 5.74) is 5.75. The Bertz CT molecular complexity index is 987. The van der Waals surface area contributed by atoms with Gasteiger partial charge in [0, 0.05) is 23.2 Å². The molecule has 2 aromatic rings. The largest absolute Gasteiger partial charge is 0.481 e. The molecule has 2 atom stereocenters. The number of benzene rings is 1. The summed E-state index contributed by atoms with van der Waals surface area (Å²) in [5, 5.41) is 16.5. The lowest BCUT2D eigenvalue weighted by Crippen LogP contribution is -2.34. The number of aliphatic carboxylic acids is 1. The van der Waals surface area contributed by atoms with Crippen molar-refractivity contribution in [2.24, 2.45) is 0 Å². The average Bonchev–Trinajstić information content (AvgIpc) is 3.24. The number of amides is 1. The Labute approximate surface area is 188 Å². The third-order valence-electron chi connectivity index (χ3n) is 5.58. The number of carboxylic acid groups (broad SMARTS) is 1. The van der Waals surface area contributed by atoms with Crippen LogP contribution in [0.3, 0.4) is 0 Å². The molecule has 0 unspecified atom stereocenters. The van der Waals surface area contributed by atoms with Gasteiger partial charge in [0.15, 0.2) is 0 Å². The van der Waals surface area contributed by atoms with Crippen LogP contribution in [0.15, 0.2) is 36.4 Å². The Morgan fingerprint density at radius 2 is 1.84 bits per heavy atom. The number of hydrogen-bond donors (Lipinski definition) is 2. The van der Waals surface area contributed by atoms with Crippen molar-refractivity contribution in [3.63, 3.8) is 0 Å². The van der Waals surface area contributed by atoms with E-state index in [0.717, 1.165) is 35.3 Å². The van der Waals surface area contributed by atoms with E-state index in [4.69, 9.17) is 10.2 Å². The smallest absolute Gasteiger partial charge is 0.313 e. The van der Waals surface area contributed by atoms with Crippen LogP contribution in [0.5, 0.6) is 0 Å². The van der Waals surface area contributed by atoms with Crippen LogP contribution in [0.4, 0.5) is 0 Å². The molecular formula is C24H31N3O3S. The monoisotopic (exact) mass is 441 g/mol. The summed E-state index contributed by atoms with van der Waals surface area (Å²) in [6.45, 7) is 10.7. The molecule has 166 valence electrons. The first kappa shape index (κ1) is 23.1. The highest BCUT2D eigenvalue weighted by Gasteiger charge is 2.27. The van der Waals surface area contributed by atoms with E-state index in [1.807, 2.05) is 17.7 Å². The molecule has 0 saturated heterocycles. The highest BCUT2D eigenvalue weighted by molar-refractivity contribution is 8.00. The molecule has 1 aliphatic carbocycles. The summed E-state index contributed by atoms with van der Waals surface area (Å²) in [5.74, 6) is -0.758. The molecule has 2 N–H and O–H groups in total. The standard InChI is InChI=1S/C24H31N3O3S/c1-15-23(17-6-9-19(12-17)25-21(28)13-31-14-22(29)30)16(2)27(26-15)20-10-7-18(8-11-20)24(3,4)5/h6-11,17,19H,12-14H2,1-5H3,(H,25,28)(H,29,30)/t17-,19+/m0/s1. The molecule has 0 radical (unpaired) electrons. The van der Waals surface area contributed by atoms with Crippen molar-refractivity contribution in [2.75, 3.05) is 11.5 Å². The molecule has 1 aromatic heterocycles. The van der Waals surface area contributed by atoms with Gasteiger partial charge in [-0.2, -0.15) is 5.10 Å². The third kappa shape index (κ3) is 5.58. The summed E-state index contributed by atoms with van der Waals surface area (Å²) in [6, 6.07) is 8.51. The van der Waals surface area contributed by atoms with Gasteiger partial charge < -0.3 is 10.4 Å². The van der Waals surface area contributed by atoms with Gasteiger partial charge in [0.1, 0.15) is 0 Å². The van der Waals surface area contributed by atoms with E-state index in [1.165, 1.54) is 11.1 Å². The van der Waals surface area contributed by atoms with Gasteiger partial charge in [-0.05, 0) is 43.4 Å². The molecule has 0 bridgehead atoms. The fraction of sp³-hybridized carbons (Fsp3) is 0.458. The summed E-state index contributed by atoms with van der Waals surface area (Å²) in [7, 11) is 0. The summed E-state index contributed by atoms with van der Waals surface area (Å²) < 4.78 is 2.00. The number of aryl methyl sites for hydroxylation is 1. The predicted octanol–water partition coefficient (Wildman–Crippen LogP) is 4.13. The fourth-order valence-corrected chi connectivity index (χ4v) is 4.59. The quantitative estimate of drug-likeness (QED) is 0.631. The highest BCUT2D eigenvalue weighted by atomic mass is 32.2. The Hall–Kier alpha value is -2.54. The number of allylic oxidation sites excluding steroid dienone is 1. The van der Waals surface area contributed by atoms with Crippen LogP contribution >= 0.6 is 11.8 Å². The van der Waals surface area contributed by atoms with E-state index < -0.39 is 5.97 Å². The van der Waals surface area contributed by atoms with Crippen molar-refractivity contribution in [2.45, 2.75) is 58.4 Å². The molecule has 3 rings (SSSR count).